The van der Waals surface area contributed by atoms with Crippen LogP contribution in [0.15, 0.2) is 24.3 Å². The Labute approximate surface area is 116 Å². The average Bonchev–Trinajstić information content (AvgIpc) is 2.38. The monoisotopic (exact) mass is 308 g/mol. The molecule has 0 aliphatic heterocycles. The Morgan fingerprint density at radius 2 is 1.89 bits per heavy atom. The summed E-state index contributed by atoms with van der Waals surface area (Å²) in [5.74, 6) is 0.713. The van der Waals surface area contributed by atoms with Crippen molar-refractivity contribution in [1.29, 1.82) is 0 Å². The summed E-state index contributed by atoms with van der Waals surface area (Å²) in [5, 5.41) is 9.44. The minimum Gasteiger partial charge on any atom is -0.337 e. The second-order valence-corrected chi connectivity index (χ2v) is 5.22. The number of rotatable bonds is 5. The predicted octanol–water partition coefficient (Wildman–Crippen LogP) is 3.02. The first-order valence-corrected chi connectivity index (χ1v) is 7.26. The van der Waals surface area contributed by atoms with Crippen molar-refractivity contribution < 1.29 is 0 Å². The maximum absolute atomic E-state index is 4.59. The summed E-state index contributed by atoms with van der Waals surface area (Å²) in [4.78, 5) is 6.77. The lowest BCUT2D eigenvalue weighted by Gasteiger charge is -2.25. The summed E-state index contributed by atoms with van der Waals surface area (Å²) in [6, 6.07) is 8.18. The number of para-hydroxylation sites is 1. The van der Waals surface area contributed by atoms with Crippen molar-refractivity contribution in [2.24, 2.45) is 0 Å². The molecule has 0 N–H and O–H groups in total. The van der Waals surface area contributed by atoms with Crippen LogP contribution in [-0.4, -0.2) is 33.1 Å². The summed E-state index contributed by atoms with van der Waals surface area (Å²) >= 11 is 3.46. The molecule has 1 aromatic heterocycles. The Bertz CT molecular complexity index is 515. The molecule has 2 rings (SSSR count). The fraction of sp³-hybridized carbons (Fsp3) is 0.462. The van der Waals surface area contributed by atoms with Crippen molar-refractivity contribution in [3.8, 4) is 0 Å². The topological polar surface area (TPSA) is 41.9 Å². The van der Waals surface area contributed by atoms with E-state index >= 15 is 0 Å². The van der Waals surface area contributed by atoms with Crippen LogP contribution in [0.25, 0.3) is 11.0 Å². The van der Waals surface area contributed by atoms with E-state index < -0.39 is 0 Å². The zero-order valence-corrected chi connectivity index (χ0v) is 12.3. The van der Waals surface area contributed by atoms with E-state index in [1.807, 2.05) is 24.3 Å². The molecule has 18 heavy (non-hydrogen) atoms. The van der Waals surface area contributed by atoms with Gasteiger partial charge in [0.2, 0.25) is 5.95 Å². The van der Waals surface area contributed by atoms with Gasteiger partial charge >= 0.3 is 0 Å². The van der Waals surface area contributed by atoms with Gasteiger partial charge in [-0.15, -0.1) is 10.2 Å². The average molecular weight is 309 g/mol. The molecule has 0 atom stereocenters. The number of aromatic nitrogens is 3. The van der Waals surface area contributed by atoms with Crippen molar-refractivity contribution in [3.05, 3.63) is 24.3 Å². The number of anilines is 1. The first-order valence-electron chi connectivity index (χ1n) is 6.14. The molecule has 0 spiro atoms. The molecular formula is C13H17BrN4. The van der Waals surface area contributed by atoms with E-state index in [0.717, 1.165) is 29.3 Å². The third-order valence-corrected chi connectivity index (χ3v) is 3.32. The highest BCUT2D eigenvalue weighted by atomic mass is 79.9. The Hall–Kier alpha value is -1.23. The summed E-state index contributed by atoms with van der Waals surface area (Å²) in [6.07, 6.45) is 1.06. The summed E-state index contributed by atoms with van der Waals surface area (Å²) < 4.78 is 0. The number of alkyl halides is 1. The molecule has 0 saturated carbocycles. The number of nitrogens with zero attached hydrogens (tertiary/aromatic N) is 4. The number of hydrogen-bond donors (Lipinski definition) is 0. The van der Waals surface area contributed by atoms with Gasteiger partial charge in [0, 0.05) is 17.9 Å². The molecule has 96 valence electrons. The van der Waals surface area contributed by atoms with E-state index in [9.17, 15) is 0 Å². The number of hydrogen-bond acceptors (Lipinski definition) is 4. The zero-order valence-electron chi connectivity index (χ0n) is 10.7. The molecule has 1 aromatic carbocycles. The summed E-state index contributed by atoms with van der Waals surface area (Å²) in [5.41, 5.74) is 1.73. The van der Waals surface area contributed by atoms with Gasteiger partial charge in [-0.3, -0.25) is 0 Å². The SMILES string of the molecule is CC(C)N(CCCBr)c1nnc2ccccc2n1. The van der Waals surface area contributed by atoms with Crippen molar-refractivity contribution in [2.75, 3.05) is 16.8 Å². The van der Waals surface area contributed by atoms with Crippen LogP contribution >= 0.6 is 15.9 Å². The zero-order chi connectivity index (χ0) is 13.0. The van der Waals surface area contributed by atoms with Crippen LogP contribution < -0.4 is 4.90 Å². The number of fused-ring (bicyclic) bond motifs is 1. The van der Waals surface area contributed by atoms with Crippen LogP contribution in [0.3, 0.4) is 0 Å². The first-order chi connectivity index (χ1) is 8.72. The predicted molar refractivity (Wildman–Crippen MR) is 78.2 cm³/mol. The largest absolute Gasteiger partial charge is 0.337 e. The van der Waals surface area contributed by atoms with E-state index in [0.29, 0.717) is 12.0 Å². The molecule has 1 heterocycles. The van der Waals surface area contributed by atoms with Crippen LogP contribution in [0.1, 0.15) is 20.3 Å². The second kappa shape index (κ2) is 6.09. The lowest BCUT2D eigenvalue weighted by atomic mass is 10.3. The Morgan fingerprint density at radius 1 is 1.17 bits per heavy atom. The molecule has 0 unspecified atom stereocenters. The van der Waals surface area contributed by atoms with Crippen LogP contribution in [0, 0.1) is 0 Å². The molecule has 5 heteroatoms. The van der Waals surface area contributed by atoms with Gasteiger partial charge in [-0.05, 0) is 32.4 Å². The van der Waals surface area contributed by atoms with E-state index in [1.165, 1.54) is 0 Å². The highest BCUT2D eigenvalue weighted by molar-refractivity contribution is 9.09. The lowest BCUT2D eigenvalue weighted by molar-refractivity contribution is 0.650. The molecule has 0 saturated heterocycles. The summed E-state index contributed by atoms with van der Waals surface area (Å²) in [7, 11) is 0. The van der Waals surface area contributed by atoms with Crippen molar-refractivity contribution in [3.63, 3.8) is 0 Å². The maximum atomic E-state index is 4.59. The van der Waals surface area contributed by atoms with E-state index in [2.05, 4.69) is 49.9 Å². The van der Waals surface area contributed by atoms with Crippen LogP contribution in [0.2, 0.25) is 0 Å². The number of benzene rings is 1. The van der Waals surface area contributed by atoms with Gasteiger partial charge in [-0.2, -0.15) is 0 Å². The smallest absolute Gasteiger partial charge is 0.246 e. The van der Waals surface area contributed by atoms with Gasteiger partial charge in [0.05, 0.1) is 5.52 Å². The molecule has 0 fully saturated rings. The minimum absolute atomic E-state index is 0.368. The quantitative estimate of drug-likeness (QED) is 0.796. The lowest BCUT2D eigenvalue weighted by Crippen LogP contribution is -2.33. The first kappa shape index (κ1) is 13.2. The highest BCUT2D eigenvalue weighted by Crippen LogP contribution is 2.15. The molecule has 0 aliphatic carbocycles. The van der Waals surface area contributed by atoms with Gasteiger partial charge in [0.1, 0.15) is 5.52 Å². The van der Waals surface area contributed by atoms with Crippen molar-refractivity contribution >= 4 is 32.9 Å². The fourth-order valence-electron chi connectivity index (χ4n) is 1.81. The van der Waals surface area contributed by atoms with Crippen LogP contribution in [0.4, 0.5) is 5.95 Å². The second-order valence-electron chi connectivity index (χ2n) is 4.43. The Balaban J connectivity index is 2.32. The van der Waals surface area contributed by atoms with E-state index in [4.69, 9.17) is 0 Å². The van der Waals surface area contributed by atoms with Gasteiger partial charge in [0.25, 0.3) is 0 Å². The normalized spacial score (nSPS) is 11.1. The minimum atomic E-state index is 0.368. The van der Waals surface area contributed by atoms with E-state index in [1.54, 1.807) is 0 Å². The molecule has 0 aliphatic rings. The van der Waals surface area contributed by atoms with Crippen molar-refractivity contribution in [2.45, 2.75) is 26.3 Å². The van der Waals surface area contributed by atoms with Crippen LogP contribution in [0.5, 0.6) is 0 Å². The highest BCUT2D eigenvalue weighted by Gasteiger charge is 2.13. The van der Waals surface area contributed by atoms with Gasteiger partial charge in [-0.25, -0.2) is 4.98 Å². The van der Waals surface area contributed by atoms with Gasteiger partial charge in [-0.1, -0.05) is 28.1 Å². The molecule has 0 radical (unpaired) electrons. The third-order valence-electron chi connectivity index (χ3n) is 2.76. The standard InChI is InChI=1S/C13H17BrN4/c1-10(2)18(9-5-8-14)13-15-11-6-3-4-7-12(11)16-17-13/h3-4,6-7,10H,5,8-9H2,1-2H3. The molecule has 0 bridgehead atoms. The van der Waals surface area contributed by atoms with Crippen LogP contribution in [-0.2, 0) is 0 Å². The number of halogens is 1. The van der Waals surface area contributed by atoms with Crippen molar-refractivity contribution in [1.82, 2.24) is 15.2 Å². The Kier molecular flexibility index (Phi) is 4.47. The third kappa shape index (κ3) is 2.96. The van der Waals surface area contributed by atoms with E-state index in [-0.39, 0.29) is 0 Å². The fourth-order valence-corrected chi connectivity index (χ4v) is 2.06. The molecular weight excluding hydrogens is 292 g/mol. The molecule has 4 nitrogen and oxygen atoms in total. The van der Waals surface area contributed by atoms with Gasteiger partial charge < -0.3 is 4.90 Å². The van der Waals surface area contributed by atoms with Gasteiger partial charge in [0.15, 0.2) is 0 Å². The Morgan fingerprint density at radius 3 is 2.56 bits per heavy atom. The summed E-state index contributed by atoms with van der Waals surface area (Å²) in [6.45, 7) is 5.22. The molecule has 0 amide bonds. The molecule has 2 aromatic rings. The maximum Gasteiger partial charge on any atom is 0.246 e.